The molecule has 0 aromatic rings. The number of carbonyl (C=O) groups is 2. The van der Waals surface area contributed by atoms with Gasteiger partial charge in [-0.15, -0.1) is 0 Å². The lowest BCUT2D eigenvalue weighted by Gasteiger charge is -2.36. The summed E-state index contributed by atoms with van der Waals surface area (Å²) in [7, 11) is 0. The van der Waals surface area contributed by atoms with Crippen LogP contribution in [-0.2, 0) is 9.59 Å². The molecule has 0 radical (unpaired) electrons. The minimum atomic E-state index is 0.0277. The van der Waals surface area contributed by atoms with Gasteiger partial charge in [-0.3, -0.25) is 9.59 Å². The van der Waals surface area contributed by atoms with E-state index in [1.54, 1.807) is 0 Å². The minimum Gasteiger partial charge on any atom is -0.339 e. The average Bonchev–Trinajstić information content (AvgIpc) is 2.45. The molecule has 0 saturated carbocycles. The van der Waals surface area contributed by atoms with Crippen LogP contribution in [0.25, 0.3) is 0 Å². The van der Waals surface area contributed by atoms with Gasteiger partial charge in [-0.05, 0) is 24.8 Å². The number of nitrogens with zero attached hydrogens (tertiary/aromatic N) is 2. The molecule has 1 rings (SSSR count). The van der Waals surface area contributed by atoms with Crippen LogP contribution < -0.4 is 5.73 Å². The molecule has 5 heteroatoms. The number of hydrogen-bond acceptors (Lipinski definition) is 3. The molecule has 0 bridgehead atoms. The highest BCUT2D eigenvalue weighted by Crippen LogP contribution is 2.16. The second-order valence-electron chi connectivity index (χ2n) is 6.80. The molecule has 1 atom stereocenters. The second-order valence-corrected chi connectivity index (χ2v) is 6.80. The maximum Gasteiger partial charge on any atom is 0.225 e. The van der Waals surface area contributed by atoms with Crippen molar-refractivity contribution in [2.24, 2.45) is 23.5 Å². The highest BCUT2D eigenvalue weighted by molar-refractivity contribution is 5.79. The van der Waals surface area contributed by atoms with Crippen molar-refractivity contribution in [2.75, 3.05) is 32.7 Å². The average molecular weight is 297 g/mol. The van der Waals surface area contributed by atoms with Crippen molar-refractivity contribution in [3.63, 3.8) is 0 Å². The first-order valence-corrected chi connectivity index (χ1v) is 8.11. The van der Waals surface area contributed by atoms with E-state index in [2.05, 4.69) is 13.8 Å². The van der Waals surface area contributed by atoms with E-state index in [0.29, 0.717) is 45.1 Å². The summed E-state index contributed by atoms with van der Waals surface area (Å²) >= 11 is 0. The van der Waals surface area contributed by atoms with Crippen molar-refractivity contribution in [2.45, 2.75) is 40.5 Å². The number of nitrogens with two attached hydrogens (primary N) is 1. The van der Waals surface area contributed by atoms with Gasteiger partial charge in [-0.2, -0.15) is 0 Å². The Morgan fingerprint density at radius 3 is 1.95 bits per heavy atom. The smallest absolute Gasteiger partial charge is 0.225 e. The van der Waals surface area contributed by atoms with E-state index in [0.717, 1.165) is 6.42 Å². The van der Waals surface area contributed by atoms with Crippen LogP contribution in [0.5, 0.6) is 0 Å². The van der Waals surface area contributed by atoms with Gasteiger partial charge >= 0.3 is 0 Å². The molecular weight excluding hydrogens is 266 g/mol. The quantitative estimate of drug-likeness (QED) is 0.804. The number of hydrogen-bond donors (Lipinski definition) is 1. The topological polar surface area (TPSA) is 66.6 Å². The van der Waals surface area contributed by atoms with Gasteiger partial charge in [0.05, 0.1) is 0 Å². The summed E-state index contributed by atoms with van der Waals surface area (Å²) in [5.41, 5.74) is 5.77. The highest BCUT2D eigenvalue weighted by Gasteiger charge is 2.26. The zero-order valence-corrected chi connectivity index (χ0v) is 14.0. The molecule has 122 valence electrons. The van der Waals surface area contributed by atoms with E-state index < -0.39 is 0 Å². The van der Waals surface area contributed by atoms with Gasteiger partial charge < -0.3 is 15.5 Å². The lowest BCUT2D eigenvalue weighted by Crippen LogP contribution is -2.51. The molecule has 1 aliphatic heterocycles. The molecule has 0 aromatic carbocycles. The maximum absolute atomic E-state index is 12.3. The van der Waals surface area contributed by atoms with Crippen LogP contribution in [0.15, 0.2) is 0 Å². The van der Waals surface area contributed by atoms with Gasteiger partial charge in [0.1, 0.15) is 0 Å². The first-order valence-electron chi connectivity index (χ1n) is 8.11. The van der Waals surface area contributed by atoms with E-state index in [-0.39, 0.29) is 23.7 Å². The molecule has 1 aliphatic rings. The molecule has 2 N–H and O–H groups in total. The van der Waals surface area contributed by atoms with E-state index in [4.69, 9.17) is 5.73 Å². The monoisotopic (exact) mass is 297 g/mol. The standard InChI is InChI=1S/C16H31N3O2/c1-12(2)9-14(11-17)10-15(20)18-5-7-19(8-6-18)16(21)13(3)4/h12-14H,5-11,17H2,1-4H3/t14-/m0/s1. The second kappa shape index (κ2) is 8.37. The summed E-state index contributed by atoms with van der Waals surface area (Å²) in [6.07, 6.45) is 1.53. The molecule has 1 fully saturated rings. The summed E-state index contributed by atoms with van der Waals surface area (Å²) in [4.78, 5) is 28.0. The SMILES string of the molecule is CC(C)C[C@H](CN)CC(=O)N1CCN(C(=O)C(C)C)CC1. The number of amides is 2. The molecule has 1 saturated heterocycles. The molecule has 21 heavy (non-hydrogen) atoms. The summed E-state index contributed by atoms with van der Waals surface area (Å²) in [6.45, 7) is 11.3. The molecular formula is C16H31N3O2. The van der Waals surface area contributed by atoms with Crippen molar-refractivity contribution in [1.29, 1.82) is 0 Å². The number of rotatable bonds is 6. The third kappa shape index (κ3) is 5.65. The van der Waals surface area contributed by atoms with Crippen molar-refractivity contribution < 1.29 is 9.59 Å². The minimum absolute atomic E-state index is 0.0277. The normalized spacial score (nSPS) is 17.5. The van der Waals surface area contributed by atoms with E-state index >= 15 is 0 Å². The largest absolute Gasteiger partial charge is 0.339 e. The van der Waals surface area contributed by atoms with Crippen LogP contribution in [0.4, 0.5) is 0 Å². The molecule has 0 aliphatic carbocycles. The zero-order chi connectivity index (χ0) is 16.0. The summed E-state index contributed by atoms with van der Waals surface area (Å²) in [5.74, 6) is 1.23. The van der Waals surface area contributed by atoms with Crippen LogP contribution in [0.2, 0.25) is 0 Å². The number of carbonyl (C=O) groups excluding carboxylic acids is 2. The van der Waals surface area contributed by atoms with Crippen LogP contribution in [0.1, 0.15) is 40.5 Å². The van der Waals surface area contributed by atoms with Gasteiger partial charge in [-0.1, -0.05) is 27.7 Å². The fraction of sp³-hybridized carbons (Fsp3) is 0.875. The van der Waals surface area contributed by atoms with Crippen molar-refractivity contribution in [3.05, 3.63) is 0 Å². The van der Waals surface area contributed by atoms with Gasteiger partial charge in [0.25, 0.3) is 0 Å². The molecule has 0 aromatic heterocycles. The molecule has 1 heterocycles. The Morgan fingerprint density at radius 1 is 1.00 bits per heavy atom. The Bertz CT molecular complexity index is 347. The highest BCUT2D eigenvalue weighted by atomic mass is 16.2. The lowest BCUT2D eigenvalue weighted by atomic mass is 9.93. The fourth-order valence-corrected chi connectivity index (χ4v) is 2.85. The van der Waals surface area contributed by atoms with Crippen molar-refractivity contribution in [3.8, 4) is 0 Å². The Balaban J connectivity index is 2.42. The Kier molecular flexibility index (Phi) is 7.15. The van der Waals surface area contributed by atoms with Crippen LogP contribution >= 0.6 is 0 Å². The first kappa shape index (κ1) is 18.0. The van der Waals surface area contributed by atoms with E-state index in [1.165, 1.54) is 0 Å². The Morgan fingerprint density at radius 2 is 1.52 bits per heavy atom. The van der Waals surface area contributed by atoms with Crippen molar-refractivity contribution in [1.82, 2.24) is 9.80 Å². The number of piperazine rings is 1. The van der Waals surface area contributed by atoms with Crippen molar-refractivity contribution >= 4 is 11.8 Å². The first-order chi connectivity index (χ1) is 9.85. The molecule has 0 unspecified atom stereocenters. The van der Waals surface area contributed by atoms with E-state index in [1.807, 2.05) is 23.6 Å². The Hall–Kier alpha value is -1.10. The van der Waals surface area contributed by atoms with Crippen LogP contribution in [-0.4, -0.2) is 54.3 Å². The van der Waals surface area contributed by atoms with Gasteiger partial charge in [0.15, 0.2) is 0 Å². The summed E-state index contributed by atoms with van der Waals surface area (Å²) in [5, 5.41) is 0. The Labute approximate surface area is 128 Å². The van der Waals surface area contributed by atoms with E-state index in [9.17, 15) is 9.59 Å². The molecule has 0 spiro atoms. The molecule has 5 nitrogen and oxygen atoms in total. The summed E-state index contributed by atoms with van der Waals surface area (Å²) in [6, 6.07) is 0. The maximum atomic E-state index is 12.3. The predicted octanol–water partition coefficient (Wildman–Crippen LogP) is 1.32. The fourth-order valence-electron chi connectivity index (χ4n) is 2.85. The third-order valence-corrected chi connectivity index (χ3v) is 4.04. The van der Waals surface area contributed by atoms with Gasteiger partial charge in [-0.25, -0.2) is 0 Å². The van der Waals surface area contributed by atoms with Crippen LogP contribution in [0, 0.1) is 17.8 Å². The zero-order valence-electron chi connectivity index (χ0n) is 14.0. The molecule has 2 amide bonds. The van der Waals surface area contributed by atoms with Crippen LogP contribution in [0.3, 0.4) is 0 Å². The summed E-state index contributed by atoms with van der Waals surface area (Å²) < 4.78 is 0. The van der Waals surface area contributed by atoms with Gasteiger partial charge in [0, 0.05) is 38.5 Å². The predicted molar refractivity (Wildman–Crippen MR) is 84.6 cm³/mol. The van der Waals surface area contributed by atoms with Gasteiger partial charge in [0.2, 0.25) is 11.8 Å². The third-order valence-electron chi connectivity index (χ3n) is 4.04. The lowest BCUT2D eigenvalue weighted by molar-refractivity contribution is -0.141.